The van der Waals surface area contributed by atoms with E-state index in [1.807, 2.05) is 32.4 Å². The Hall–Kier alpha value is -1.85. The number of nitrogens with one attached hydrogen (secondary N) is 1. The average Bonchev–Trinajstić information content (AvgIpc) is 2.76. The molecule has 0 atom stereocenters. The molecule has 0 aliphatic heterocycles. The normalized spacial score (nSPS) is 10.9. The monoisotopic (exact) mass is 322 g/mol. The highest BCUT2D eigenvalue weighted by Gasteiger charge is 2.16. The van der Waals surface area contributed by atoms with Crippen molar-refractivity contribution in [2.75, 3.05) is 18.4 Å². The van der Waals surface area contributed by atoms with Gasteiger partial charge in [0.15, 0.2) is 0 Å². The summed E-state index contributed by atoms with van der Waals surface area (Å²) in [6, 6.07) is 0.256. The first-order valence-electron chi connectivity index (χ1n) is 8.45. The maximum absolute atomic E-state index is 12.1. The van der Waals surface area contributed by atoms with Crippen LogP contribution in [0.3, 0.4) is 0 Å². The average molecular weight is 322 g/mol. The topological polar surface area (TPSA) is 67.2 Å². The van der Waals surface area contributed by atoms with Crippen molar-refractivity contribution < 1.29 is 9.59 Å². The Morgan fingerprint density at radius 3 is 2.26 bits per heavy atom. The minimum absolute atomic E-state index is 0.0631. The van der Waals surface area contributed by atoms with Gasteiger partial charge in [-0.1, -0.05) is 0 Å². The van der Waals surface area contributed by atoms with Crippen molar-refractivity contribution >= 4 is 17.5 Å². The first kappa shape index (κ1) is 19.2. The molecule has 1 heterocycles. The highest BCUT2D eigenvalue weighted by Crippen LogP contribution is 2.22. The predicted molar refractivity (Wildman–Crippen MR) is 92.5 cm³/mol. The van der Waals surface area contributed by atoms with Crippen molar-refractivity contribution in [1.29, 1.82) is 0 Å². The maximum atomic E-state index is 12.1. The Kier molecular flexibility index (Phi) is 7.26. The second-order valence-electron chi connectivity index (χ2n) is 6.05. The second-order valence-corrected chi connectivity index (χ2v) is 6.05. The van der Waals surface area contributed by atoms with E-state index in [1.165, 1.54) is 0 Å². The molecule has 1 rings (SSSR count). The molecule has 0 unspecified atom stereocenters. The largest absolute Gasteiger partial charge is 0.343 e. The lowest BCUT2D eigenvalue weighted by Gasteiger charge is -2.18. The molecule has 0 aliphatic rings. The molecule has 1 N–H and O–H groups in total. The number of hydrogen-bond acceptors (Lipinski definition) is 3. The third-order valence-corrected chi connectivity index (χ3v) is 3.99. The highest BCUT2D eigenvalue weighted by atomic mass is 16.2. The molecule has 6 heteroatoms. The van der Waals surface area contributed by atoms with Gasteiger partial charge in [0.2, 0.25) is 11.8 Å². The standard InChI is InChI=1S/C17H30N4O2/c1-7-20(8-2)16(23)11-9-10-15(22)18-17-13(5)19-21(12(3)4)14(17)6/h12H,7-11H2,1-6H3,(H,18,22). The third kappa shape index (κ3) is 5.08. The Morgan fingerprint density at radius 1 is 1.17 bits per heavy atom. The summed E-state index contributed by atoms with van der Waals surface area (Å²) in [5.74, 6) is 0.0506. The first-order chi connectivity index (χ1) is 10.8. The van der Waals surface area contributed by atoms with Crippen molar-refractivity contribution in [3.05, 3.63) is 11.4 Å². The molecule has 0 aromatic carbocycles. The summed E-state index contributed by atoms with van der Waals surface area (Å²) in [5.41, 5.74) is 2.58. The molecule has 23 heavy (non-hydrogen) atoms. The highest BCUT2D eigenvalue weighted by molar-refractivity contribution is 5.92. The molecule has 0 radical (unpaired) electrons. The Bertz CT molecular complexity index is 545. The molecular weight excluding hydrogens is 292 g/mol. The number of amides is 2. The van der Waals surface area contributed by atoms with Gasteiger partial charge in [-0.3, -0.25) is 14.3 Å². The molecule has 0 bridgehead atoms. The van der Waals surface area contributed by atoms with Gasteiger partial charge < -0.3 is 10.2 Å². The lowest BCUT2D eigenvalue weighted by Crippen LogP contribution is -2.30. The van der Waals surface area contributed by atoms with Gasteiger partial charge in [0, 0.05) is 32.0 Å². The van der Waals surface area contributed by atoms with Crippen molar-refractivity contribution in [2.24, 2.45) is 0 Å². The molecule has 0 fully saturated rings. The zero-order chi connectivity index (χ0) is 17.6. The van der Waals surface area contributed by atoms with E-state index in [9.17, 15) is 9.59 Å². The lowest BCUT2D eigenvalue weighted by atomic mass is 10.2. The number of nitrogens with zero attached hydrogens (tertiary/aromatic N) is 3. The van der Waals surface area contributed by atoms with E-state index >= 15 is 0 Å². The van der Waals surface area contributed by atoms with Crippen molar-refractivity contribution in [1.82, 2.24) is 14.7 Å². The summed E-state index contributed by atoms with van der Waals surface area (Å²) in [4.78, 5) is 25.8. The van der Waals surface area contributed by atoms with Crippen LogP contribution in [-0.2, 0) is 9.59 Å². The molecule has 0 saturated heterocycles. The molecule has 0 aliphatic carbocycles. The second kappa shape index (κ2) is 8.70. The summed E-state index contributed by atoms with van der Waals surface area (Å²) in [7, 11) is 0. The van der Waals surface area contributed by atoms with Gasteiger partial charge in [-0.05, 0) is 48.0 Å². The van der Waals surface area contributed by atoms with E-state index in [0.29, 0.717) is 32.4 Å². The van der Waals surface area contributed by atoms with Crippen LogP contribution < -0.4 is 5.32 Å². The summed E-state index contributed by atoms with van der Waals surface area (Å²) in [6.07, 6.45) is 1.33. The lowest BCUT2D eigenvalue weighted by molar-refractivity contribution is -0.130. The maximum Gasteiger partial charge on any atom is 0.224 e. The minimum atomic E-state index is -0.0631. The van der Waals surface area contributed by atoms with Crippen LogP contribution in [0.5, 0.6) is 0 Å². The fourth-order valence-electron chi connectivity index (χ4n) is 2.68. The van der Waals surface area contributed by atoms with Crippen molar-refractivity contribution in [3.8, 4) is 0 Å². The van der Waals surface area contributed by atoms with E-state index in [-0.39, 0.29) is 17.9 Å². The Labute approximate surface area is 139 Å². The van der Waals surface area contributed by atoms with Gasteiger partial charge in [-0.2, -0.15) is 5.10 Å². The molecule has 1 aromatic heterocycles. The zero-order valence-corrected chi connectivity index (χ0v) is 15.3. The van der Waals surface area contributed by atoms with Gasteiger partial charge in [0.25, 0.3) is 0 Å². The predicted octanol–water partition coefficient (Wildman–Crippen LogP) is 3.06. The van der Waals surface area contributed by atoms with Crippen LogP contribution >= 0.6 is 0 Å². The van der Waals surface area contributed by atoms with Gasteiger partial charge in [-0.15, -0.1) is 0 Å². The molecule has 2 amide bonds. The first-order valence-corrected chi connectivity index (χ1v) is 8.45. The molecule has 0 spiro atoms. The minimum Gasteiger partial charge on any atom is -0.343 e. The third-order valence-electron chi connectivity index (χ3n) is 3.99. The SMILES string of the molecule is CCN(CC)C(=O)CCCC(=O)Nc1c(C)nn(C(C)C)c1C. The summed E-state index contributed by atoms with van der Waals surface area (Å²) >= 11 is 0. The Balaban J connectivity index is 2.54. The molecule has 0 saturated carbocycles. The van der Waals surface area contributed by atoms with Crippen LogP contribution in [0, 0.1) is 13.8 Å². The van der Waals surface area contributed by atoms with Crippen molar-refractivity contribution in [3.63, 3.8) is 0 Å². The molecule has 6 nitrogen and oxygen atoms in total. The summed E-state index contributed by atoms with van der Waals surface area (Å²) < 4.78 is 1.91. The van der Waals surface area contributed by atoms with Crippen LogP contribution in [-0.4, -0.2) is 39.6 Å². The Morgan fingerprint density at radius 2 is 1.78 bits per heavy atom. The quantitative estimate of drug-likeness (QED) is 0.800. The number of carbonyl (C=O) groups is 2. The van der Waals surface area contributed by atoms with E-state index in [0.717, 1.165) is 17.1 Å². The smallest absolute Gasteiger partial charge is 0.224 e. The summed E-state index contributed by atoms with van der Waals surface area (Å²) in [6.45, 7) is 13.3. The molecular formula is C17H30N4O2. The van der Waals surface area contributed by atoms with Gasteiger partial charge in [0.05, 0.1) is 17.1 Å². The number of aromatic nitrogens is 2. The van der Waals surface area contributed by atoms with Crippen LogP contribution in [0.1, 0.15) is 64.4 Å². The number of rotatable bonds is 8. The summed E-state index contributed by atoms with van der Waals surface area (Å²) in [5, 5.41) is 7.40. The van der Waals surface area contributed by atoms with Crippen LogP contribution in [0.4, 0.5) is 5.69 Å². The number of aryl methyl sites for hydroxylation is 1. The van der Waals surface area contributed by atoms with Gasteiger partial charge in [-0.25, -0.2) is 0 Å². The van der Waals surface area contributed by atoms with E-state index < -0.39 is 0 Å². The molecule has 1 aromatic rings. The molecule has 130 valence electrons. The zero-order valence-electron chi connectivity index (χ0n) is 15.3. The number of hydrogen-bond donors (Lipinski definition) is 1. The van der Waals surface area contributed by atoms with Crippen molar-refractivity contribution in [2.45, 2.75) is 66.8 Å². The van der Waals surface area contributed by atoms with E-state index in [2.05, 4.69) is 24.3 Å². The number of carbonyl (C=O) groups excluding carboxylic acids is 2. The number of anilines is 1. The fourth-order valence-corrected chi connectivity index (χ4v) is 2.68. The fraction of sp³-hybridized carbons (Fsp3) is 0.706. The van der Waals surface area contributed by atoms with Gasteiger partial charge >= 0.3 is 0 Å². The van der Waals surface area contributed by atoms with E-state index in [1.54, 1.807) is 4.90 Å². The van der Waals surface area contributed by atoms with Crippen LogP contribution in [0.15, 0.2) is 0 Å². The van der Waals surface area contributed by atoms with E-state index in [4.69, 9.17) is 0 Å². The van der Waals surface area contributed by atoms with Crippen LogP contribution in [0.25, 0.3) is 0 Å². The van der Waals surface area contributed by atoms with Gasteiger partial charge in [0.1, 0.15) is 0 Å². The van der Waals surface area contributed by atoms with Crippen LogP contribution in [0.2, 0.25) is 0 Å².